The molecule has 0 atom stereocenters. The molecule has 3 N–H and O–H groups in total. The minimum atomic E-state index is 0.729. The fourth-order valence-electron chi connectivity index (χ4n) is 2.35. The van der Waals surface area contributed by atoms with Crippen LogP contribution in [0.15, 0.2) is 18.2 Å². The molecule has 0 aromatic heterocycles. The summed E-state index contributed by atoms with van der Waals surface area (Å²) in [5, 5.41) is 3.42. The molecule has 1 fully saturated rings. The summed E-state index contributed by atoms with van der Waals surface area (Å²) < 4.78 is 5.17. The van der Waals surface area contributed by atoms with Crippen LogP contribution in [0.2, 0.25) is 0 Å². The molecule has 0 aliphatic carbocycles. The zero-order valence-corrected chi connectivity index (χ0v) is 11.1. The first-order chi connectivity index (χ1) is 8.79. The fourth-order valence-corrected chi connectivity index (χ4v) is 2.35. The molecular formula is C14H23N3O. The Morgan fingerprint density at radius 1 is 1.33 bits per heavy atom. The summed E-state index contributed by atoms with van der Waals surface area (Å²) in [6.07, 6.45) is 2.29. The van der Waals surface area contributed by atoms with Crippen LogP contribution in [-0.4, -0.2) is 44.7 Å². The molecule has 0 unspecified atom stereocenters. The summed E-state index contributed by atoms with van der Waals surface area (Å²) in [6, 6.07) is 6.08. The molecule has 0 bridgehead atoms. The Bertz CT molecular complexity index is 373. The van der Waals surface area contributed by atoms with Gasteiger partial charge in [0.05, 0.1) is 12.8 Å². The Morgan fingerprint density at radius 3 is 3.00 bits per heavy atom. The van der Waals surface area contributed by atoms with E-state index in [0.29, 0.717) is 0 Å². The van der Waals surface area contributed by atoms with E-state index in [2.05, 4.69) is 16.3 Å². The first-order valence-corrected chi connectivity index (χ1v) is 6.65. The fraction of sp³-hybridized carbons (Fsp3) is 0.571. The molecule has 0 radical (unpaired) electrons. The Labute approximate surface area is 109 Å². The van der Waals surface area contributed by atoms with E-state index >= 15 is 0 Å². The Morgan fingerprint density at radius 2 is 2.22 bits per heavy atom. The van der Waals surface area contributed by atoms with Gasteiger partial charge in [0.15, 0.2) is 0 Å². The monoisotopic (exact) mass is 249 g/mol. The molecule has 18 heavy (non-hydrogen) atoms. The summed E-state index contributed by atoms with van der Waals surface area (Å²) >= 11 is 0. The van der Waals surface area contributed by atoms with Gasteiger partial charge in [0.1, 0.15) is 5.75 Å². The predicted octanol–water partition coefficient (Wildman–Crippen LogP) is 1.12. The minimum absolute atomic E-state index is 0.729. The summed E-state index contributed by atoms with van der Waals surface area (Å²) in [4.78, 5) is 2.51. The van der Waals surface area contributed by atoms with Gasteiger partial charge in [-0.15, -0.1) is 0 Å². The maximum atomic E-state index is 5.92. The summed E-state index contributed by atoms with van der Waals surface area (Å²) in [6.45, 7) is 5.69. The number of nitrogen functional groups attached to an aromatic ring is 1. The van der Waals surface area contributed by atoms with Gasteiger partial charge in [-0.05, 0) is 43.6 Å². The predicted molar refractivity (Wildman–Crippen MR) is 75.0 cm³/mol. The topological polar surface area (TPSA) is 50.5 Å². The smallest absolute Gasteiger partial charge is 0.141 e. The number of nitrogens with zero attached hydrogens (tertiary/aromatic N) is 1. The third-order valence-electron chi connectivity index (χ3n) is 3.44. The molecule has 1 heterocycles. The lowest BCUT2D eigenvalue weighted by atomic mass is 10.1. The first kappa shape index (κ1) is 13.2. The molecule has 0 spiro atoms. The van der Waals surface area contributed by atoms with E-state index in [1.807, 2.05) is 12.1 Å². The number of nitrogens with one attached hydrogen (secondary N) is 1. The minimum Gasteiger partial charge on any atom is -0.495 e. The molecule has 0 saturated carbocycles. The average Bonchev–Trinajstić information content (AvgIpc) is 2.65. The molecule has 1 aliphatic heterocycles. The lowest BCUT2D eigenvalue weighted by Gasteiger charge is -2.19. The summed E-state index contributed by atoms with van der Waals surface area (Å²) in [7, 11) is 1.65. The summed E-state index contributed by atoms with van der Waals surface area (Å²) in [5.74, 6) is 0.762. The largest absolute Gasteiger partial charge is 0.495 e. The van der Waals surface area contributed by atoms with Gasteiger partial charge in [-0.2, -0.15) is 0 Å². The van der Waals surface area contributed by atoms with Crippen molar-refractivity contribution < 1.29 is 4.74 Å². The normalized spacial score (nSPS) is 17.4. The molecule has 2 rings (SSSR count). The van der Waals surface area contributed by atoms with Crippen molar-refractivity contribution in [1.82, 2.24) is 10.2 Å². The van der Waals surface area contributed by atoms with Crippen LogP contribution in [-0.2, 0) is 6.42 Å². The number of hydrogen-bond acceptors (Lipinski definition) is 4. The molecule has 4 nitrogen and oxygen atoms in total. The number of rotatable bonds is 4. The van der Waals surface area contributed by atoms with Gasteiger partial charge in [0.25, 0.3) is 0 Å². The maximum absolute atomic E-state index is 5.92. The molecule has 1 aromatic carbocycles. The zero-order chi connectivity index (χ0) is 12.8. The van der Waals surface area contributed by atoms with Crippen LogP contribution in [0.3, 0.4) is 0 Å². The highest BCUT2D eigenvalue weighted by molar-refractivity contribution is 5.54. The van der Waals surface area contributed by atoms with Gasteiger partial charge in [-0.3, -0.25) is 0 Å². The van der Waals surface area contributed by atoms with E-state index in [1.54, 1.807) is 7.11 Å². The number of hydrogen-bond donors (Lipinski definition) is 2. The Hall–Kier alpha value is -1.26. The first-order valence-electron chi connectivity index (χ1n) is 6.65. The number of benzene rings is 1. The van der Waals surface area contributed by atoms with Crippen molar-refractivity contribution >= 4 is 5.69 Å². The van der Waals surface area contributed by atoms with E-state index in [9.17, 15) is 0 Å². The van der Waals surface area contributed by atoms with Crippen LogP contribution in [0.5, 0.6) is 5.75 Å². The highest BCUT2D eigenvalue weighted by Gasteiger charge is 2.08. The van der Waals surface area contributed by atoms with Crippen molar-refractivity contribution in [3.63, 3.8) is 0 Å². The van der Waals surface area contributed by atoms with Gasteiger partial charge in [0.2, 0.25) is 0 Å². The Balaban J connectivity index is 1.87. The van der Waals surface area contributed by atoms with Crippen LogP contribution < -0.4 is 15.8 Å². The van der Waals surface area contributed by atoms with Crippen molar-refractivity contribution in [3.8, 4) is 5.75 Å². The van der Waals surface area contributed by atoms with Crippen molar-refractivity contribution in [2.24, 2.45) is 0 Å². The van der Waals surface area contributed by atoms with Gasteiger partial charge < -0.3 is 20.7 Å². The van der Waals surface area contributed by atoms with Crippen LogP contribution in [0.4, 0.5) is 5.69 Å². The van der Waals surface area contributed by atoms with Crippen molar-refractivity contribution in [2.45, 2.75) is 12.8 Å². The molecular weight excluding hydrogens is 226 g/mol. The van der Waals surface area contributed by atoms with Crippen LogP contribution in [0.25, 0.3) is 0 Å². The SMILES string of the molecule is COc1ccc(CCN2CCCNCC2)cc1N. The lowest BCUT2D eigenvalue weighted by Crippen LogP contribution is -2.30. The number of ether oxygens (including phenoxy) is 1. The number of nitrogens with two attached hydrogens (primary N) is 1. The van der Waals surface area contributed by atoms with Gasteiger partial charge in [-0.1, -0.05) is 6.07 Å². The molecule has 4 heteroatoms. The highest BCUT2D eigenvalue weighted by atomic mass is 16.5. The second-order valence-electron chi connectivity index (χ2n) is 4.77. The Kier molecular flexibility index (Phi) is 4.84. The second-order valence-corrected chi connectivity index (χ2v) is 4.77. The lowest BCUT2D eigenvalue weighted by molar-refractivity contribution is 0.296. The van der Waals surface area contributed by atoms with Crippen LogP contribution in [0, 0.1) is 0 Å². The van der Waals surface area contributed by atoms with Crippen molar-refractivity contribution in [2.75, 3.05) is 45.6 Å². The van der Waals surface area contributed by atoms with Crippen LogP contribution in [0.1, 0.15) is 12.0 Å². The van der Waals surface area contributed by atoms with Crippen molar-refractivity contribution in [3.05, 3.63) is 23.8 Å². The molecule has 0 amide bonds. The van der Waals surface area contributed by atoms with Crippen molar-refractivity contribution in [1.29, 1.82) is 0 Å². The summed E-state index contributed by atoms with van der Waals surface area (Å²) in [5.41, 5.74) is 7.93. The molecule has 100 valence electrons. The third-order valence-corrected chi connectivity index (χ3v) is 3.44. The number of anilines is 1. The average molecular weight is 249 g/mol. The quantitative estimate of drug-likeness (QED) is 0.785. The maximum Gasteiger partial charge on any atom is 0.141 e. The highest BCUT2D eigenvalue weighted by Crippen LogP contribution is 2.22. The van der Waals surface area contributed by atoms with Gasteiger partial charge >= 0.3 is 0 Å². The molecule has 1 saturated heterocycles. The number of methoxy groups -OCH3 is 1. The van der Waals surface area contributed by atoms with Gasteiger partial charge in [0, 0.05) is 19.6 Å². The third kappa shape index (κ3) is 3.62. The molecule has 1 aliphatic rings. The van der Waals surface area contributed by atoms with E-state index in [4.69, 9.17) is 10.5 Å². The second kappa shape index (κ2) is 6.61. The van der Waals surface area contributed by atoms with Gasteiger partial charge in [-0.25, -0.2) is 0 Å². The zero-order valence-electron chi connectivity index (χ0n) is 11.1. The standard InChI is InChI=1S/C14H23N3O/c1-18-14-4-3-12(11-13(14)15)5-9-17-8-2-6-16-7-10-17/h3-4,11,16H,2,5-10,15H2,1H3. The van der Waals surface area contributed by atoms with Crippen LogP contribution >= 0.6 is 0 Å². The van der Waals surface area contributed by atoms with E-state index in [-0.39, 0.29) is 0 Å². The molecule has 1 aromatic rings. The van der Waals surface area contributed by atoms with E-state index in [1.165, 1.54) is 18.5 Å². The van der Waals surface area contributed by atoms with E-state index in [0.717, 1.165) is 44.0 Å². The van der Waals surface area contributed by atoms with E-state index < -0.39 is 0 Å².